The van der Waals surface area contributed by atoms with E-state index in [0.717, 1.165) is 25.7 Å². The molecule has 1 aliphatic rings. The fourth-order valence-electron chi connectivity index (χ4n) is 3.06. The van der Waals surface area contributed by atoms with E-state index >= 15 is 0 Å². The van der Waals surface area contributed by atoms with Crippen molar-refractivity contribution in [1.82, 2.24) is 4.31 Å². The van der Waals surface area contributed by atoms with Crippen LogP contribution in [0.15, 0.2) is 53.4 Å². The molecule has 6 nitrogen and oxygen atoms in total. The Morgan fingerprint density at radius 1 is 1.00 bits per heavy atom. The first kappa shape index (κ1) is 19.1. The maximum absolute atomic E-state index is 12.9. The van der Waals surface area contributed by atoms with Crippen molar-refractivity contribution in [2.75, 3.05) is 18.4 Å². The lowest BCUT2D eigenvalue weighted by molar-refractivity contribution is 0.102. The van der Waals surface area contributed by atoms with Gasteiger partial charge in [0.1, 0.15) is 0 Å². The normalized spacial score (nSPS) is 15.5. The van der Waals surface area contributed by atoms with Crippen molar-refractivity contribution < 1.29 is 13.2 Å². The smallest absolute Gasteiger partial charge is 0.255 e. The summed E-state index contributed by atoms with van der Waals surface area (Å²) >= 11 is 0. The molecule has 2 aromatic carbocycles. The van der Waals surface area contributed by atoms with Crippen molar-refractivity contribution in [2.24, 2.45) is 0 Å². The van der Waals surface area contributed by atoms with Gasteiger partial charge in [-0.15, -0.1) is 0 Å². The van der Waals surface area contributed by atoms with Crippen molar-refractivity contribution in [2.45, 2.75) is 30.6 Å². The second-order valence-corrected chi connectivity index (χ2v) is 8.43. The Kier molecular flexibility index (Phi) is 5.89. The molecule has 3 rings (SSSR count). The van der Waals surface area contributed by atoms with Crippen LogP contribution in [-0.2, 0) is 10.0 Å². The van der Waals surface area contributed by atoms with Crippen LogP contribution in [0.3, 0.4) is 0 Å². The first-order valence-corrected chi connectivity index (χ1v) is 10.4. The maximum Gasteiger partial charge on any atom is 0.255 e. The van der Waals surface area contributed by atoms with E-state index in [1.807, 2.05) is 6.07 Å². The number of carbonyl (C=O) groups excluding carboxylic acids is 1. The van der Waals surface area contributed by atoms with Gasteiger partial charge in [0, 0.05) is 24.3 Å². The zero-order valence-corrected chi connectivity index (χ0v) is 15.7. The molecule has 1 fully saturated rings. The molecule has 0 aliphatic carbocycles. The third-order valence-electron chi connectivity index (χ3n) is 4.57. The highest BCUT2D eigenvalue weighted by molar-refractivity contribution is 7.89. The highest BCUT2D eigenvalue weighted by Gasteiger charge is 2.25. The highest BCUT2D eigenvalue weighted by atomic mass is 32.2. The van der Waals surface area contributed by atoms with E-state index in [0.29, 0.717) is 29.9 Å². The van der Waals surface area contributed by atoms with Gasteiger partial charge in [-0.2, -0.15) is 9.57 Å². The molecule has 1 amide bonds. The highest BCUT2D eigenvalue weighted by Crippen LogP contribution is 2.23. The van der Waals surface area contributed by atoms with Crippen LogP contribution in [0.1, 0.15) is 41.6 Å². The Balaban J connectivity index is 1.78. The van der Waals surface area contributed by atoms with Gasteiger partial charge in [-0.05, 0) is 55.3 Å². The average Bonchev–Trinajstić information content (AvgIpc) is 2.98. The van der Waals surface area contributed by atoms with Crippen molar-refractivity contribution in [3.05, 3.63) is 59.7 Å². The molecule has 1 aliphatic heterocycles. The molecule has 2 aromatic rings. The van der Waals surface area contributed by atoms with Crippen molar-refractivity contribution >= 4 is 21.6 Å². The lowest BCUT2D eigenvalue weighted by Gasteiger charge is -2.20. The van der Waals surface area contributed by atoms with Gasteiger partial charge in [0.05, 0.1) is 16.5 Å². The summed E-state index contributed by atoms with van der Waals surface area (Å²) in [4.78, 5) is 12.6. The van der Waals surface area contributed by atoms with Gasteiger partial charge in [0.25, 0.3) is 5.91 Å². The summed E-state index contributed by atoms with van der Waals surface area (Å²) in [5.41, 5.74) is 1.28. The number of sulfonamides is 1. The third-order valence-corrected chi connectivity index (χ3v) is 6.47. The fourth-order valence-corrected chi connectivity index (χ4v) is 4.63. The largest absolute Gasteiger partial charge is 0.322 e. The summed E-state index contributed by atoms with van der Waals surface area (Å²) < 4.78 is 27.3. The Labute approximate surface area is 159 Å². The van der Waals surface area contributed by atoms with Crippen LogP contribution in [0.25, 0.3) is 0 Å². The molecule has 0 bridgehead atoms. The minimum absolute atomic E-state index is 0.182. The molecule has 0 spiro atoms. The summed E-state index contributed by atoms with van der Waals surface area (Å²) in [6, 6.07) is 14.6. The van der Waals surface area contributed by atoms with Crippen molar-refractivity contribution in [3.63, 3.8) is 0 Å². The molecule has 140 valence electrons. The third kappa shape index (κ3) is 4.54. The number of hydrogen-bond acceptors (Lipinski definition) is 4. The number of anilines is 1. The lowest BCUT2D eigenvalue weighted by Crippen LogP contribution is -2.32. The predicted molar refractivity (Wildman–Crippen MR) is 103 cm³/mol. The van der Waals surface area contributed by atoms with Gasteiger partial charge in [0.2, 0.25) is 10.0 Å². The number of nitrogens with zero attached hydrogens (tertiary/aromatic N) is 2. The number of rotatable bonds is 4. The number of nitrogens with one attached hydrogen (secondary N) is 1. The zero-order chi connectivity index (χ0) is 19.3. The number of hydrogen-bond donors (Lipinski definition) is 1. The minimum Gasteiger partial charge on any atom is -0.322 e. The van der Waals surface area contributed by atoms with E-state index in [2.05, 4.69) is 5.32 Å². The van der Waals surface area contributed by atoms with E-state index in [1.165, 1.54) is 10.4 Å². The standard InChI is InChI=1S/C20H21N3O3S/c21-15-16-8-10-17(11-9-16)20(24)22-18-6-5-7-19(14-18)27(25,26)23-12-3-1-2-4-13-23/h5-11,14H,1-4,12-13H2,(H,22,24). The predicted octanol–water partition coefficient (Wildman–Crippen LogP) is 3.38. The molecule has 1 N–H and O–H groups in total. The first-order valence-electron chi connectivity index (χ1n) is 8.92. The van der Waals surface area contributed by atoms with Gasteiger partial charge in [-0.3, -0.25) is 4.79 Å². The topological polar surface area (TPSA) is 90.3 Å². The number of nitriles is 1. The van der Waals surface area contributed by atoms with Crippen molar-refractivity contribution in [3.8, 4) is 6.07 Å². The van der Waals surface area contributed by atoms with Crippen LogP contribution in [0, 0.1) is 11.3 Å². The Bertz CT molecular complexity index is 955. The second-order valence-electron chi connectivity index (χ2n) is 6.49. The van der Waals surface area contributed by atoms with E-state index in [4.69, 9.17) is 5.26 Å². The number of amides is 1. The van der Waals surface area contributed by atoms with Gasteiger partial charge in [-0.25, -0.2) is 8.42 Å². The van der Waals surface area contributed by atoms with Crippen LogP contribution in [0.4, 0.5) is 5.69 Å². The molecular formula is C20H21N3O3S. The Hall–Kier alpha value is -2.69. The first-order chi connectivity index (χ1) is 13.0. The van der Waals surface area contributed by atoms with Gasteiger partial charge >= 0.3 is 0 Å². The van der Waals surface area contributed by atoms with Gasteiger partial charge in [-0.1, -0.05) is 18.9 Å². The molecule has 27 heavy (non-hydrogen) atoms. The summed E-state index contributed by atoms with van der Waals surface area (Å²) in [5.74, 6) is -0.358. The zero-order valence-electron chi connectivity index (χ0n) is 14.9. The summed E-state index contributed by atoms with van der Waals surface area (Å²) in [6.45, 7) is 1.06. The molecule has 0 saturated carbocycles. The minimum atomic E-state index is -3.57. The quantitative estimate of drug-likeness (QED) is 0.876. The van der Waals surface area contributed by atoms with Crippen molar-refractivity contribution in [1.29, 1.82) is 5.26 Å². The van der Waals surface area contributed by atoms with Crippen LogP contribution in [0.5, 0.6) is 0 Å². The van der Waals surface area contributed by atoms with Gasteiger partial charge in [0.15, 0.2) is 0 Å². The monoisotopic (exact) mass is 383 g/mol. The second kappa shape index (κ2) is 8.33. The SMILES string of the molecule is N#Cc1ccc(C(=O)Nc2cccc(S(=O)(=O)N3CCCCCC3)c2)cc1. The molecule has 0 aromatic heterocycles. The van der Waals surface area contributed by atoms with E-state index in [9.17, 15) is 13.2 Å². The summed E-state index contributed by atoms with van der Waals surface area (Å²) in [6.07, 6.45) is 3.84. The van der Waals surface area contributed by atoms with Gasteiger partial charge < -0.3 is 5.32 Å². The summed E-state index contributed by atoms with van der Waals surface area (Å²) in [5, 5.41) is 11.5. The lowest BCUT2D eigenvalue weighted by atomic mass is 10.1. The summed E-state index contributed by atoms with van der Waals surface area (Å²) in [7, 11) is -3.57. The van der Waals surface area contributed by atoms with Crippen LogP contribution in [-0.4, -0.2) is 31.7 Å². The van der Waals surface area contributed by atoms with E-state index in [-0.39, 0.29) is 10.8 Å². The number of carbonyl (C=O) groups is 1. The van der Waals surface area contributed by atoms with Crippen LogP contribution in [0.2, 0.25) is 0 Å². The molecule has 1 saturated heterocycles. The molecule has 0 atom stereocenters. The van der Waals surface area contributed by atoms with Crippen LogP contribution < -0.4 is 5.32 Å². The molecular weight excluding hydrogens is 362 g/mol. The Morgan fingerprint density at radius 3 is 2.30 bits per heavy atom. The van der Waals surface area contributed by atoms with Crippen LogP contribution >= 0.6 is 0 Å². The van der Waals surface area contributed by atoms with E-state index in [1.54, 1.807) is 42.5 Å². The van der Waals surface area contributed by atoms with E-state index < -0.39 is 10.0 Å². The number of benzene rings is 2. The fraction of sp³-hybridized carbons (Fsp3) is 0.300. The average molecular weight is 383 g/mol. The maximum atomic E-state index is 12.9. The molecule has 0 unspecified atom stereocenters. The Morgan fingerprint density at radius 2 is 1.67 bits per heavy atom. The molecule has 7 heteroatoms. The molecule has 1 heterocycles. The molecule has 0 radical (unpaired) electrons.